The van der Waals surface area contributed by atoms with Crippen LogP contribution in [0.4, 0.5) is 4.39 Å². The van der Waals surface area contributed by atoms with Crippen molar-refractivity contribution >= 4 is 35.8 Å². The number of halogens is 2. The molecule has 0 saturated heterocycles. The smallest absolute Gasteiger partial charge is 0.253 e. The van der Waals surface area contributed by atoms with E-state index < -0.39 is 0 Å². The first-order chi connectivity index (χ1) is 13.0. The van der Waals surface area contributed by atoms with Gasteiger partial charge in [-0.3, -0.25) is 9.79 Å². The topological polar surface area (TPSA) is 56.7 Å². The summed E-state index contributed by atoms with van der Waals surface area (Å²) in [6.45, 7) is 0.590. The lowest BCUT2D eigenvalue weighted by Crippen LogP contribution is -2.38. The summed E-state index contributed by atoms with van der Waals surface area (Å²) in [5.74, 6) is 0.704. The van der Waals surface area contributed by atoms with Gasteiger partial charge >= 0.3 is 0 Å². The molecule has 7 heteroatoms. The summed E-state index contributed by atoms with van der Waals surface area (Å²) in [6.07, 6.45) is 0.892. The first-order valence-corrected chi connectivity index (χ1v) is 9.01. The average Bonchev–Trinajstić information content (AvgIpc) is 3.44. The van der Waals surface area contributed by atoms with Crippen molar-refractivity contribution in [3.05, 3.63) is 71.0 Å². The lowest BCUT2D eigenvalue weighted by molar-refractivity contribution is 0.0827. The largest absolute Gasteiger partial charge is 0.353 e. The lowest BCUT2D eigenvalue weighted by Gasteiger charge is -2.13. The number of guanidine groups is 1. The second-order valence-electron chi connectivity index (χ2n) is 6.94. The van der Waals surface area contributed by atoms with Crippen molar-refractivity contribution in [2.45, 2.75) is 24.9 Å². The molecule has 0 heterocycles. The highest BCUT2D eigenvalue weighted by Crippen LogP contribution is 2.41. The standard InChI is InChI=1S/C21H25FN4O.HI/c1-23-21(25-19-12-17(19)16-6-4-5-7-18(16)22)24-13-14-8-10-15(11-9-14)20(27)26(2)3;/h4-11,17,19H,12-13H2,1-3H3,(H2,23,24,25);1H. The molecule has 0 bridgehead atoms. The Morgan fingerprint density at radius 3 is 2.46 bits per heavy atom. The van der Waals surface area contributed by atoms with Crippen LogP contribution in [0, 0.1) is 5.82 Å². The van der Waals surface area contributed by atoms with Gasteiger partial charge < -0.3 is 15.5 Å². The molecule has 3 rings (SSSR count). The monoisotopic (exact) mass is 496 g/mol. The van der Waals surface area contributed by atoms with E-state index in [0.29, 0.717) is 18.1 Å². The Labute approximate surface area is 182 Å². The number of rotatable bonds is 5. The number of benzene rings is 2. The third-order valence-electron chi connectivity index (χ3n) is 4.71. The molecular weight excluding hydrogens is 470 g/mol. The molecule has 28 heavy (non-hydrogen) atoms. The van der Waals surface area contributed by atoms with Crippen LogP contribution in [0.2, 0.25) is 0 Å². The Bertz CT molecular complexity index is 839. The normalized spacial score (nSPS) is 18.1. The van der Waals surface area contributed by atoms with Gasteiger partial charge in [0.2, 0.25) is 0 Å². The van der Waals surface area contributed by atoms with Gasteiger partial charge in [-0.25, -0.2) is 4.39 Å². The van der Waals surface area contributed by atoms with Crippen molar-refractivity contribution in [1.29, 1.82) is 0 Å². The fourth-order valence-electron chi connectivity index (χ4n) is 3.05. The SMILES string of the molecule is CN=C(NCc1ccc(C(=O)N(C)C)cc1)NC1CC1c1ccccc1F.I. The van der Waals surface area contributed by atoms with Gasteiger partial charge in [0, 0.05) is 45.2 Å². The van der Waals surface area contributed by atoms with E-state index in [0.717, 1.165) is 17.5 Å². The number of amides is 1. The minimum Gasteiger partial charge on any atom is -0.353 e. The third kappa shape index (κ3) is 5.43. The summed E-state index contributed by atoms with van der Waals surface area (Å²) in [5.41, 5.74) is 2.47. The van der Waals surface area contributed by atoms with E-state index in [-0.39, 0.29) is 47.7 Å². The van der Waals surface area contributed by atoms with Crippen molar-refractivity contribution in [3.8, 4) is 0 Å². The van der Waals surface area contributed by atoms with E-state index in [4.69, 9.17) is 0 Å². The van der Waals surface area contributed by atoms with Crippen LogP contribution in [0.25, 0.3) is 0 Å². The molecule has 1 fully saturated rings. The molecule has 1 saturated carbocycles. The van der Waals surface area contributed by atoms with Gasteiger partial charge in [0.25, 0.3) is 5.91 Å². The van der Waals surface area contributed by atoms with Crippen LogP contribution in [-0.4, -0.2) is 44.0 Å². The van der Waals surface area contributed by atoms with Gasteiger partial charge in [-0.2, -0.15) is 0 Å². The zero-order valence-corrected chi connectivity index (χ0v) is 18.6. The number of nitrogens with one attached hydrogen (secondary N) is 2. The van der Waals surface area contributed by atoms with Crippen LogP contribution in [0.5, 0.6) is 0 Å². The second-order valence-corrected chi connectivity index (χ2v) is 6.94. The molecule has 2 atom stereocenters. The van der Waals surface area contributed by atoms with Crippen molar-refractivity contribution in [2.75, 3.05) is 21.1 Å². The van der Waals surface area contributed by atoms with Crippen molar-refractivity contribution in [1.82, 2.24) is 15.5 Å². The van der Waals surface area contributed by atoms with Crippen LogP contribution in [-0.2, 0) is 6.54 Å². The van der Waals surface area contributed by atoms with Crippen molar-refractivity contribution in [2.24, 2.45) is 4.99 Å². The summed E-state index contributed by atoms with van der Waals surface area (Å²) >= 11 is 0. The quantitative estimate of drug-likeness (QED) is 0.379. The summed E-state index contributed by atoms with van der Waals surface area (Å²) in [6, 6.07) is 14.6. The number of carbonyl (C=O) groups excluding carboxylic acids is 1. The highest BCUT2D eigenvalue weighted by atomic mass is 127. The highest BCUT2D eigenvalue weighted by molar-refractivity contribution is 14.0. The molecule has 2 unspecified atom stereocenters. The fourth-order valence-corrected chi connectivity index (χ4v) is 3.05. The van der Waals surface area contributed by atoms with Crippen molar-refractivity contribution in [3.63, 3.8) is 0 Å². The van der Waals surface area contributed by atoms with E-state index in [1.54, 1.807) is 32.1 Å². The molecule has 1 aliphatic rings. The van der Waals surface area contributed by atoms with Gasteiger partial charge in [0.15, 0.2) is 5.96 Å². The average molecular weight is 496 g/mol. The van der Waals surface area contributed by atoms with E-state index in [1.165, 1.54) is 6.07 Å². The third-order valence-corrected chi connectivity index (χ3v) is 4.71. The van der Waals surface area contributed by atoms with Gasteiger partial charge in [-0.05, 0) is 35.7 Å². The Kier molecular flexibility index (Phi) is 7.79. The van der Waals surface area contributed by atoms with E-state index >= 15 is 0 Å². The lowest BCUT2D eigenvalue weighted by atomic mass is 10.1. The maximum atomic E-state index is 13.9. The van der Waals surface area contributed by atoms with E-state index in [2.05, 4.69) is 15.6 Å². The van der Waals surface area contributed by atoms with E-state index in [1.807, 2.05) is 36.4 Å². The summed E-state index contributed by atoms with van der Waals surface area (Å²) in [7, 11) is 5.19. The highest BCUT2D eigenvalue weighted by Gasteiger charge is 2.40. The van der Waals surface area contributed by atoms with Gasteiger partial charge in [-0.1, -0.05) is 30.3 Å². The molecule has 0 aromatic heterocycles. The van der Waals surface area contributed by atoms with Crippen LogP contribution in [0.1, 0.15) is 33.8 Å². The predicted molar refractivity (Wildman–Crippen MR) is 121 cm³/mol. The Morgan fingerprint density at radius 1 is 1.18 bits per heavy atom. The molecular formula is C21H26FIN4O. The van der Waals surface area contributed by atoms with Gasteiger partial charge in [0.05, 0.1) is 0 Å². The maximum absolute atomic E-state index is 13.9. The molecule has 5 nitrogen and oxygen atoms in total. The Morgan fingerprint density at radius 2 is 1.86 bits per heavy atom. The molecule has 1 amide bonds. The molecule has 150 valence electrons. The summed E-state index contributed by atoms with van der Waals surface area (Å²) in [4.78, 5) is 17.7. The number of hydrogen-bond donors (Lipinski definition) is 2. The summed E-state index contributed by atoms with van der Waals surface area (Å²) < 4.78 is 13.9. The zero-order chi connectivity index (χ0) is 19.4. The first-order valence-electron chi connectivity index (χ1n) is 9.01. The molecule has 1 aliphatic carbocycles. The number of aliphatic imine (C=N–C) groups is 1. The van der Waals surface area contributed by atoms with Crippen LogP contribution >= 0.6 is 24.0 Å². The minimum absolute atomic E-state index is 0. The van der Waals surface area contributed by atoms with Crippen LogP contribution < -0.4 is 10.6 Å². The van der Waals surface area contributed by atoms with Gasteiger partial charge in [0.1, 0.15) is 5.82 Å². The fraction of sp³-hybridized carbons (Fsp3) is 0.333. The van der Waals surface area contributed by atoms with Gasteiger partial charge in [-0.15, -0.1) is 24.0 Å². The predicted octanol–water partition coefficient (Wildman–Crippen LogP) is 3.37. The number of nitrogens with zero attached hydrogens (tertiary/aromatic N) is 2. The molecule has 0 aliphatic heterocycles. The van der Waals surface area contributed by atoms with Crippen LogP contribution in [0.3, 0.4) is 0 Å². The zero-order valence-electron chi connectivity index (χ0n) is 16.3. The van der Waals surface area contributed by atoms with Crippen molar-refractivity contribution < 1.29 is 9.18 Å². The second kappa shape index (κ2) is 9.86. The number of carbonyl (C=O) groups is 1. The molecule has 0 radical (unpaired) electrons. The van der Waals surface area contributed by atoms with Crippen LogP contribution in [0.15, 0.2) is 53.5 Å². The number of hydrogen-bond acceptors (Lipinski definition) is 2. The first kappa shape index (κ1) is 22.1. The molecule has 2 aromatic rings. The Hall–Kier alpha value is -2.16. The molecule has 2 N–H and O–H groups in total. The van der Waals surface area contributed by atoms with E-state index in [9.17, 15) is 9.18 Å². The molecule has 2 aromatic carbocycles. The maximum Gasteiger partial charge on any atom is 0.253 e. The summed E-state index contributed by atoms with van der Waals surface area (Å²) in [5, 5.41) is 6.61. The minimum atomic E-state index is -0.151. The Balaban J connectivity index is 0.00000280. The molecule has 0 spiro atoms.